The van der Waals surface area contributed by atoms with E-state index in [1.165, 1.54) is 5.57 Å². The van der Waals surface area contributed by atoms with E-state index in [4.69, 9.17) is 8.85 Å². The molecule has 3 fully saturated rings. The van der Waals surface area contributed by atoms with Gasteiger partial charge in [-0.1, -0.05) is 19.4 Å². The predicted octanol–water partition coefficient (Wildman–Crippen LogP) is 4.45. The summed E-state index contributed by atoms with van der Waals surface area (Å²) in [6.07, 6.45) is 9.15. The lowest BCUT2D eigenvalue weighted by molar-refractivity contribution is -0.157. The highest BCUT2D eigenvalue weighted by atomic mass is 16.5. The third kappa shape index (κ3) is 2.23. The van der Waals surface area contributed by atoms with Gasteiger partial charge in [0.05, 0.1) is 0 Å². The molecule has 6 atom stereocenters. The number of esters is 1. The van der Waals surface area contributed by atoms with E-state index in [1.807, 2.05) is 6.08 Å². The van der Waals surface area contributed by atoms with Gasteiger partial charge in [0.15, 0.2) is 5.78 Å². The molecule has 3 saturated carbocycles. The Morgan fingerprint density at radius 2 is 2.00 bits per heavy atom. The topological polar surface area (TPSA) is 43.4 Å². The predicted molar refractivity (Wildman–Crippen MR) is 92.3 cm³/mol. The SMILES string of the molecule is [2H]C([2H])([2H])C(=O)O[C@H]1CC[C@H]2[C@@H]3CCC4=CC(=O)CC[C@]4(C)[C@H]3CC[C@]12C. The monoisotopic (exact) mass is 333 g/mol. The summed E-state index contributed by atoms with van der Waals surface area (Å²) in [6, 6.07) is 0. The molecule has 0 aromatic rings. The number of hydrogen-bond acceptors (Lipinski definition) is 3. The molecule has 0 spiro atoms. The Balaban J connectivity index is 1.57. The third-order valence-corrected chi connectivity index (χ3v) is 8.12. The molecule has 0 saturated heterocycles. The molecule has 0 aromatic carbocycles. The lowest BCUT2D eigenvalue weighted by atomic mass is 9.47. The van der Waals surface area contributed by atoms with Gasteiger partial charge in [0.2, 0.25) is 0 Å². The van der Waals surface area contributed by atoms with Crippen LogP contribution in [0.1, 0.15) is 76.2 Å². The van der Waals surface area contributed by atoms with Crippen LogP contribution in [0.15, 0.2) is 11.6 Å². The van der Waals surface area contributed by atoms with Gasteiger partial charge in [-0.05, 0) is 74.2 Å². The maximum Gasteiger partial charge on any atom is 0.302 e. The summed E-state index contributed by atoms with van der Waals surface area (Å²) in [6.45, 7) is 1.88. The van der Waals surface area contributed by atoms with Crippen molar-refractivity contribution in [3.8, 4) is 0 Å². The minimum absolute atomic E-state index is 0.121. The molecule has 0 radical (unpaired) electrons. The number of ether oxygens (including phenoxy) is 1. The van der Waals surface area contributed by atoms with E-state index in [-0.39, 0.29) is 22.7 Å². The Hall–Kier alpha value is -1.12. The van der Waals surface area contributed by atoms with Crippen LogP contribution in [-0.2, 0) is 14.3 Å². The molecule has 0 amide bonds. The highest BCUT2D eigenvalue weighted by molar-refractivity contribution is 5.91. The Morgan fingerprint density at radius 3 is 2.79 bits per heavy atom. The normalized spacial score (nSPS) is 49.7. The van der Waals surface area contributed by atoms with Gasteiger partial charge in [-0.25, -0.2) is 0 Å². The van der Waals surface area contributed by atoms with Crippen LogP contribution in [0.25, 0.3) is 0 Å². The molecule has 3 nitrogen and oxygen atoms in total. The fourth-order valence-electron chi connectivity index (χ4n) is 6.83. The Bertz CT molecular complexity index is 697. The third-order valence-electron chi connectivity index (χ3n) is 8.12. The van der Waals surface area contributed by atoms with Crippen LogP contribution in [-0.4, -0.2) is 17.9 Å². The fourth-order valence-corrected chi connectivity index (χ4v) is 6.83. The van der Waals surface area contributed by atoms with Gasteiger partial charge < -0.3 is 4.74 Å². The van der Waals surface area contributed by atoms with Gasteiger partial charge in [0, 0.05) is 22.8 Å². The molecule has 0 aromatic heterocycles. The number of fused-ring (bicyclic) bond motifs is 5. The van der Waals surface area contributed by atoms with E-state index in [2.05, 4.69) is 13.8 Å². The molecule has 3 heteroatoms. The zero-order chi connectivity index (χ0) is 19.6. The van der Waals surface area contributed by atoms with Crippen molar-refractivity contribution in [2.24, 2.45) is 28.6 Å². The van der Waals surface area contributed by atoms with E-state index >= 15 is 0 Å². The van der Waals surface area contributed by atoms with Crippen molar-refractivity contribution in [2.45, 2.75) is 78.2 Å². The summed E-state index contributed by atoms with van der Waals surface area (Å²) in [5.74, 6) is 0.861. The van der Waals surface area contributed by atoms with E-state index < -0.39 is 12.8 Å². The van der Waals surface area contributed by atoms with Crippen molar-refractivity contribution in [2.75, 3.05) is 0 Å². The summed E-state index contributed by atoms with van der Waals surface area (Å²) in [4.78, 5) is 23.9. The first-order valence-electron chi connectivity index (χ1n) is 11.0. The van der Waals surface area contributed by atoms with E-state index in [1.54, 1.807) is 0 Å². The van der Waals surface area contributed by atoms with Gasteiger partial charge in [-0.3, -0.25) is 9.59 Å². The smallest absolute Gasteiger partial charge is 0.302 e. The maximum absolute atomic E-state index is 12.0. The molecule has 0 bridgehead atoms. The van der Waals surface area contributed by atoms with Gasteiger partial charge in [-0.15, -0.1) is 0 Å². The minimum Gasteiger partial charge on any atom is -0.462 e. The fraction of sp³-hybridized carbons (Fsp3) is 0.810. The van der Waals surface area contributed by atoms with Crippen LogP contribution in [0.4, 0.5) is 0 Å². The molecule has 132 valence electrons. The molecule has 4 rings (SSSR count). The standard InChI is InChI=1S/C21H30O3/c1-13(22)24-19-7-6-17-16-5-4-14-12-15(23)8-10-20(14,2)18(16)9-11-21(17,19)3/h12,16-19H,4-11H2,1-3H3/t16-,17-,18-,19-,20-,21-/m0/s1/i1D3. The van der Waals surface area contributed by atoms with Crippen molar-refractivity contribution < 1.29 is 18.4 Å². The van der Waals surface area contributed by atoms with E-state index in [0.29, 0.717) is 24.2 Å². The highest BCUT2D eigenvalue weighted by Crippen LogP contribution is 2.65. The second-order valence-corrected chi connectivity index (χ2v) is 8.98. The summed E-state index contributed by atoms with van der Waals surface area (Å²) in [5, 5.41) is 0. The van der Waals surface area contributed by atoms with Crippen LogP contribution in [0.5, 0.6) is 0 Å². The van der Waals surface area contributed by atoms with Crippen molar-refractivity contribution in [1.29, 1.82) is 0 Å². The lowest BCUT2D eigenvalue weighted by Crippen LogP contribution is -2.51. The first kappa shape index (κ1) is 13.1. The average Bonchev–Trinajstić information content (AvgIpc) is 2.91. The van der Waals surface area contributed by atoms with Crippen LogP contribution >= 0.6 is 0 Å². The maximum atomic E-state index is 12.0. The van der Waals surface area contributed by atoms with Crippen molar-refractivity contribution in [3.63, 3.8) is 0 Å². The summed E-state index contributed by atoms with van der Waals surface area (Å²) in [5.41, 5.74) is 1.36. The van der Waals surface area contributed by atoms with Crippen molar-refractivity contribution >= 4 is 11.8 Å². The zero-order valence-corrected chi connectivity index (χ0v) is 14.8. The van der Waals surface area contributed by atoms with Gasteiger partial charge in [0.25, 0.3) is 0 Å². The van der Waals surface area contributed by atoms with Gasteiger partial charge >= 0.3 is 5.97 Å². The lowest BCUT2D eigenvalue weighted by Gasteiger charge is -2.57. The molecule has 0 aliphatic heterocycles. The summed E-state index contributed by atoms with van der Waals surface area (Å²) in [7, 11) is 0. The van der Waals surface area contributed by atoms with Crippen LogP contribution in [0, 0.1) is 28.6 Å². The molecule has 0 unspecified atom stereocenters. The quantitative estimate of drug-likeness (QED) is 0.666. The molecule has 4 aliphatic rings. The second-order valence-electron chi connectivity index (χ2n) is 8.98. The molecular formula is C21H30O3. The number of carbonyl (C=O) groups excluding carboxylic acids is 2. The first-order chi connectivity index (χ1) is 12.6. The number of ketones is 1. The van der Waals surface area contributed by atoms with Crippen molar-refractivity contribution in [3.05, 3.63) is 11.6 Å². The van der Waals surface area contributed by atoms with Gasteiger partial charge in [0.1, 0.15) is 6.10 Å². The number of rotatable bonds is 1. The van der Waals surface area contributed by atoms with Crippen molar-refractivity contribution in [1.82, 2.24) is 0 Å². The minimum atomic E-state index is -2.68. The molecule has 4 aliphatic carbocycles. The Morgan fingerprint density at radius 1 is 1.17 bits per heavy atom. The summed E-state index contributed by atoms with van der Waals surface area (Å²) >= 11 is 0. The second kappa shape index (κ2) is 5.44. The van der Waals surface area contributed by atoms with Crippen LogP contribution < -0.4 is 0 Å². The van der Waals surface area contributed by atoms with Gasteiger partial charge in [-0.2, -0.15) is 0 Å². The highest BCUT2D eigenvalue weighted by Gasteiger charge is 2.59. The molecular weight excluding hydrogens is 300 g/mol. The molecule has 0 N–H and O–H groups in total. The number of carbonyl (C=O) groups is 2. The van der Waals surface area contributed by atoms with E-state index in [0.717, 1.165) is 44.9 Å². The zero-order valence-electron chi connectivity index (χ0n) is 17.8. The Kier molecular flexibility index (Phi) is 2.98. The van der Waals surface area contributed by atoms with E-state index in [9.17, 15) is 9.59 Å². The first-order valence-corrected chi connectivity index (χ1v) is 9.51. The van der Waals surface area contributed by atoms with Crippen LogP contribution in [0.2, 0.25) is 0 Å². The molecule has 24 heavy (non-hydrogen) atoms. The Labute approximate surface area is 149 Å². The average molecular weight is 333 g/mol. The largest absolute Gasteiger partial charge is 0.462 e. The summed E-state index contributed by atoms with van der Waals surface area (Å²) < 4.78 is 27.5. The number of hydrogen-bond donors (Lipinski definition) is 0. The molecule has 0 heterocycles. The number of allylic oxidation sites excluding steroid dienone is 1. The van der Waals surface area contributed by atoms with Crippen LogP contribution in [0.3, 0.4) is 0 Å².